The van der Waals surface area contributed by atoms with Crippen LogP contribution in [0.1, 0.15) is 22.9 Å². The van der Waals surface area contributed by atoms with Crippen molar-refractivity contribution in [3.8, 4) is 0 Å². The highest BCUT2D eigenvalue weighted by Gasteiger charge is 2.31. The Morgan fingerprint density at radius 3 is 2.38 bits per heavy atom. The lowest BCUT2D eigenvalue weighted by Gasteiger charge is -2.16. The molecular formula is C14H13F4N3. The van der Waals surface area contributed by atoms with Gasteiger partial charge in [-0.05, 0) is 30.2 Å². The standard InChI is InChI=1S/C14H13F4N3/c15-11-4-2-1-3-9(11)7-13(21-19)12-6-5-10(8-20-12)14(16,17)18/h1-6,8,13,21H,7,19H2. The normalized spacial score (nSPS) is 13.2. The first-order valence-electron chi connectivity index (χ1n) is 6.14. The van der Waals surface area contributed by atoms with Gasteiger partial charge in [0, 0.05) is 6.20 Å². The highest BCUT2D eigenvalue weighted by atomic mass is 19.4. The van der Waals surface area contributed by atoms with Crippen molar-refractivity contribution in [2.45, 2.75) is 18.6 Å². The molecular weight excluding hydrogens is 286 g/mol. The quantitative estimate of drug-likeness (QED) is 0.518. The molecule has 1 aromatic carbocycles. The van der Waals surface area contributed by atoms with E-state index in [1.165, 1.54) is 12.1 Å². The minimum atomic E-state index is -4.44. The van der Waals surface area contributed by atoms with E-state index in [0.717, 1.165) is 12.3 Å². The molecule has 0 aliphatic rings. The van der Waals surface area contributed by atoms with Crippen molar-refractivity contribution in [2.75, 3.05) is 0 Å². The van der Waals surface area contributed by atoms with Crippen molar-refractivity contribution in [3.63, 3.8) is 0 Å². The molecule has 1 heterocycles. The van der Waals surface area contributed by atoms with E-state index in [1.54, 1.807) is 18.2 Å². The zero-order valence-electron chi connectivity index (χ0n) is 10.9. The molecule has 0 spiro atoms. The van der Waals surface area contributed by atoms with E-state index < -0.39 is 23.6 Å². The fraction of sp³-hybridized carbons (Fsp3) is 0.214. The lowest BCUT2D eigenvalue weighted by Crippen LogP contribution is -2.30. The largest absolute Gasteiger partial charge is 0.417 e. The average molecular weight is 299 g/mol. The number of rotatable bonds is 4. The number of nitrogens with one attached hydrogen (secondary N) is 1. The van der Waals surface area contributed by atoms with Crippen molar-refractivity contribution in [3.05, 3.63) is 65.2 Å². The lowest BCUT2D eigenvalue weighted by atomic mass is 10.0. The molecule has 0 radical (unpaired) electrons. The fourth-order valence-corrected chi connectivity index (χ4v) is 1.91. The lowest BCUT2D eigenvalue weighted by molar-refractivity contribution is -0.137. The van der Waals surface area contributed by atoms with Crippen LogP contribution in [-0.4, -0.2) is 4.98 Å². The van der Waals surface area contributed by atoms with Crippen LogP contribution in [0.5, 0.6) is 0 Å². The van der Waals surface area contributed by atoms with E-state index >= 15 is 0 Å². The van der Waals surface area contributed by atoms with Crippen LogP contribution in [0.4, 0.5) is 17.6 Å². The van der Waals surface area contributed by atoms with Gasteiger partial charge >= 0.3 is 6.18 Å². The summed E-state index contributed by atoms with van der Waals surface area (Å²) >= 11 is 0. The highest BCUT2D eigenvalue weighted by molar-refractivity contribution is 5.23. The summed E-state index contributed by atoms with van der Waals surface area (Å²) in [6, 6.07) is 7.70. The number of nitrogens with two attached hydrogens (primary N) is 1. The highest BCUT2D eigenvalue weighted by Crippen LogP contribution is 2.29. The van der Waals surface area contributed by atoms with Crippen LogP contribution in [0.3, 0.4) is 0 Å². The maximum absolute atomic E-state index is 13.6. The summed E-state index contributed by atoms with van der Waals surface area (Å²) < 4.78 is 51.0. The Bertz CT molecular complexity index is 596. The van der Waals surface area contributed by atoms with E-state index in [-0.39, 0.29) is 6.42 Å². The Hall–Kier alpha value is -1.99. The van der Waals surface area contributed by atoms with Gasteiger partial charge in [0.05, 0.1) is 17.3 Å². The van der Waals surface area contributed by atoms with Gasteiger partial charge in [0.1, 0.15) is 5.82 Å². The first-order chi connectivity index (χ1) is 9.91. The third kappa shape index (κ3) is 3.77. The molecule has 0 bridgehead atoms. The van der Waals surface area contributed by atoms with Gasteiger partial charge in [-0.15, -0.1) is 0 Å². The molecule has 0 aliphatic carbocycles. The number of alkyl halides is 3. The van der Waals surface area contributed by atoms with Crippen LogP contribution in [0, 0.1) is 5.82 Å². The Kier molecular flexibility index (Phi) is 4.54. The van der Waals surface area contributed by atoms with Gasteiger partial charge < -0.3 is 0 Å². The zero-order valence-corrected chi connectivity index (χ0v) is 10.9. The first kappa shape index (κ1) is 15.4. The molecule has 0 fully saturated rings. The molecule has 3 N–H and O–H groups in total. The van der Waals surface area contributed by atoms with E-state index in [2.05, 4.69) is 10.4 Å². The molecule has 1 aromatic heterocycles. The van der Waals surface area contributed by atoms with Crippen LogP contribution in [0.15, 0.2) is 42.6 Å². The summed E-state index contributed by atoms with van der Waals surface area (Å²) in [6.45, 7) is 0. The monoisotopic (exact) mass is 299 g/mol. The third-order valence-corrected chi connectivity index (χ3v) is 3.05. The topological polar surface area (TPSA) is 50.9 Å². The summed E-state index contributed by atoms with van der Waals surface area (Å²) in [5, 5.41) is 0. The second-order valence-corrected chi connectivity index (χ2v) is 4.48. The van der Waals surface area contributed by atoms with Crippen LogP contribution >= 0.6 is 0 Å². The van der Waals surface area contributed by atoms with E-state index in [0.29, 0.717) is 11.3 Å². The SMILES string of the molecule is NNC(Cc1ccccc1F)c1ccc(C(F)(F)F)cn1. The summed E-state index contributed by atoms with van der Waals surface area (Å²) in [4.78, 5) is 3.76. The van der Waals surface area contributed by atoms with Gasteiger partial charge in [-0.25, -0.2) is 4.39 Å². The van der Waals surface area contributed by atoms with Crippen LogP contribution in [-0.2, 0) is 12.6 Å². The van der Waals surface area contributed by atoms with E-state index in [9.17, 15) is 17.6 Å². The Labute approximate surface area is 118 Å². The van der Waals surface area contributed by atoms with Crippen molar-refractivity contribution in [1.82, 2.24) is 10.4 Å². The second-order valence-electron chi connectivity index (χ2n) is 4.48. The zero-order chi connectivity index (χ0) is 15.5. The first-order valence-corrected chi connectivity index (χ1v) is 6.14. The van der Waals surface area contributed by atoms with Crippen LogP contribution in [0.25, 0.3) is 0 Å². The molecule has 2 aromatic rings. The molecule has 1 unspecified atom stereocenters. The summed E-state index contributed by atoms with van der Waals surface area (Å²) in [7, 11) is 0. The minimum absolute atomic E-state index is 0.182. The molecule has 112 valence electrons. The van der Waals surface area contributed by atoms with E-state index in [4.69, 9.17) is 5.84 Å². The summed E-state index contributed by atoms with van der Waals surface area (Å²) in [5.41, 5.74) is 2.32. The van der Waals surface area contributed by atoms with E-state index in [1.807, 2.05) is 0 Å². The maximum atomic E-state index is 13.6. The predicted molar refractivity (Wildman–Crippen MR) is 69.4 cm³/mol. The molecule has 0 saturated carbocycles. The van der Waals surface area contributed by atoms with Gasteiger partial charge in [-0.1, -0.05) is 18.2 Å². The number of benzene rings is 1. The second kappa shape index (κ2) is 6.19. The van der Waals surface area contributed by atoms with Gasteiger partial charge in [0.2, 0.25) is 0 Å². The van der Waals surface area contributed by atoms with Gasteiger partial charge in [0.15, 0.2) is 0 Å². The van der Waals surface area contributed by atoms with Crippen LogP contribution in [0.2, 0.25) is 0 Å². The molecule has 0 saturated heterocycles. The minimum Gasteiger partial charge on any atom is -0.271 e. The predicted octanol–water partition coefficient (Wildman–Crippen LogP) is 2.99. The van der Waals surface area contributed by atoms with Crippen molar-refractivity contribution in [1.29, 1.82) is 0 Å². The number of nitrogens with zero attached hydrogens (tertiary/aromatic N) is 1. The third-order valence-electron chi connectivity index (χ3n) is 3.05. The molecule has 1 atom stereocenters. The van der Waals surface area contributed by atoms with Crippen LogP contribution < -0.4 is 11.3 Å². The summed E-state index contributed by atoms with van der Waals surface area (Å²) in [5.74, 6) is 4.99. The molecule has 2 rings (SSSR count). The van der Waals surface area contributed by atoms with Gasteiger partial charge in [-0.3, -0.25) is 16.3 Å². The van der Waals surface area contributed by atoms with Gasteiger partial charge in [0.25, 0.3) is 0 Å². The Morgan fingerprint density at radius 2 is 1.86 bits per heavy atom. The molecule has 0 amide bonds. The number of halogens is 4. The molecule has 21 heavy (non-hydrogen) atoms. The number of hydrazine groups is 1. The molecule has 3 nitrogen and oxygen atoms in total. The van der Waals surface area contributed by atoms with Crippen molar-refractivity contribution >= 4 is 0 Å². The Morgan fingerprint density at radius 1 is 1.14 bits per heavy atom. The molecule has 7 heteroatoms. The Balaban J connectivity index is 2.20. The van der Waals surface area contributed by atoms with Crippen molar-refractivity contribution < 1.29 is 17.6 Å². The van der Waals surface area contributed by atoms with Gasteiger partial charge in [-0.2, -0.15) is 13.2 Å². The number of pyridine rings is 1. The maximum Gasteiger partial charge on any atom is 0.417 e. The average Bonchev–Trinajstić information content (AvgIpc) is 2.46. The van der Waals surface area contributed by atoms with Crippen molar-refractivity contribution in [2.24, 2.45) is 5.84 Å². The number of hydrogen-bond donors (Lipinski definition) is 2. The number of aromatic nitrogens is 1. The smallest absolute Gasteiger partial charge is 0.271 e. The number of hydrogen-bond acceptors (Lipinski definition) is 3. The molecule has 0 aliphatic heterocycles. The summed E-state index contributed by atoms with van der Waals surface area (Å²) in [6.07, 6.45) is -3.52. The fourth-order valence-electron chi connectivity index (χ4n) is 1.91.